The molecule has 1 N–H and O–H groups in total. The van der Waals surface area contributed by atoms with E-state index in [9.17, 15) is 0 Å². The smallest absolute Gasteiger partial charge is 0.232 e. The van der Waals surface area contributed by atoms with Gasteiger partial charge in [0.2, 0.25) is 11.8 Å². The molecule has 0 saturated carbocycles. The van der Waals surface area contributed by atoms with Gasteiger partial charge in [0, 0.05) is 14.2 Å². The molecule has 0 aliphatic heterocycles. The summed E-state index contributed by atoms with van der Waals surface area (Å²) in [6.07, 6.45) is 1.64. The number of rotatable bonds is 11. The predicted molar refractivity (Wildman–Crippen MR) is 78.3 cm³/mol. The van der Waals surface area contributed by atoms with Crippen molar-refractivity contribution >= 4 is 21.9 Å². The Hall–Kier alpha value is -0.960. The van der Waals surface area contributed by atoms with Crippen LogP contribution < -0.4 is 10.1 Å². The number of hydrogen-bond acceptors (Lipinski definition) is 7. The highest BCUT2D eigenvalue weighted by Crippen LogP contribution is 2.22. The van der Waals surface area contributed by atoms with E-state index in [1.807, 2.05) is 0 Å². The van der Waals surface area contributed by atoms with Gasteiger partial charge < -0.3 is 24.3 Å². The third-order valence-corrected chi connectivity index (χ3v) is 2.75. The van der Waals surface area contributed by atoms with Crippen molar-refractivity contribution in [1.82, 2.24) is 9.97 Å². The summed E-state index contributed by atoms with van der Waals surface area (Å²) in [6, 6.07) is 0. The number of nitrogens with zero attached hydrogens (tertiary/aromatic N) is 2. The second-order valence-corrected chi connectivity index (χ2v) is 4.52. The second-order valence-electron chi connectivity index (χ2n) is 3.66. The Morgan fingerprint density at radius 1 is 1.10 bits per heavy atom. The van der Waals surface area contributed by atoms with E-state index in [1.165, 1.54) is 0 Å². The topological polar surface area (TPSA) is 74.7 Å². The highest BCUT2D eigenvalue weighted by molar-refractivity contribution is 9.10. The molecule has 1 rings (SSSR count). The molecule has 7 nitrogen and oxygen atoms in total. The average Bonchev–Trinajstić information content (AvgIpc) is 2.47. The van der Waals surface area contributed by atoms with Crippen LogP contribution in [0.3, 0.4) is 0 Å². The fourth-order valence-electron chi connectivity index (χ4n) is 1.23. The fourth-order valence-corrected chi connectivity index (χ4v) is 1.54. The summed E-state index contributed by atoms with van der Waals surface area (Å²) >= 11 is 3.33. The van der Waals surface area contributed by atoms with E-state index in [1.54, 1.807) is 20.4 Å². The quantitative estimate of drug-likeness (QED) is 0.604. The Kier molecular flexibility index (Phi) is 9.22. The van der Waals surface area contributed by atoms with Gasteiger partial charge in [-0.05, 0) is 15.9 Å². The van der Waals surface area contributed by atoms with Crippen molar-refractivity contribution in [3.05, 3.63) is 10.7 Å². The SMILES string of the molecule is CNc1ncc(Br)c(OCCOCCOCCOC)n1. The standard InChI is InChI=1S/C12H20BrN3O4/c1-14-12-15-9-10(13)11(16-12)20-8-7-19-6-5-18-4-3-17-2/h9H,3-8H2,1-2H3,(H,14,15,16). The summed E-state index contributed by atoms with van der Waals surface area (Å²) in [5, 5.41) is 2.85. The molecule has 0 bridgehead atoms. The van der Waals surface area contributed by atoms with E-state index in [4.69, 9.17) is 18.9 Å². The number of ether oxygens (including phenoxy) is 4. The minimum Gasteiger partial charge on any atom is -0.474 e. The molecule has 0 saturated heterocycles. The number of aromatic nitrogens is 2. The number of halogens is 1. The first-order valence-corrected chi connectivity index (χ1v) is 7.04. The van der Waals surface area contributed by atoms with Crippen LogP contribution in [0.1, 0.15) is 0 Å². The molecule has 1 heterocycles. The van der Waals surface area contributed by atoms with Gasteiger partial charge in [-0.15, -0.1) is 0 Å². The largest absolute Gasteiger partial charge is 0.474 e. The van der Waals surface area contributed by atoms with Crippen molar-refractivity contribution in [2.75, 3.05) is 59.1 Å². The maximum atomic E-state index is 5.50. The van der Waals surface area contributed by atoms with Gasteiger partial charge in [0.25, 0.3) is 0 Å². The first-order valence-electron chi connectivity index (χ1n) is 6.25. The summed E-state index contributed by atoms with van der Waals surface area (Å²) in [5.41, 5.74) is 0. The molecule has 0 spiro atoms. The van der Waals surface area contributed by atoms with Gasteiger partial charge in [-0.2, -0.15) is 4.98 Å². The van der Waals surface area contributed by atoms with Gasteiger partial charge in [-0.1, -0.05) is 0 Å². The lowest BCUT2D eigenvalue weighted by atomic mass is 10.6. The Morgan fingerprint density at radius 2 is 1.75 bits per heavy atom. The van der Waals surface area contributed by atoms with E-state index in [0.29, 0.717) is 55.9 Å². The number of hydrogen-bond donors (Lipinski definition) is 1. The molecule has 20 heavy (non-hydrogen) atoms. The van der Waals surface area contributed by atoms with Gasteiger partial charge in [-0.25, -0.2) is 4.98 Å². The van der Waals surface area contributed by atoms with Crippen molar-refractivity contribution in [3.8, 4) is 5.88 Å². The summed E-state index contributed by atoms with van der Waals surface area (Å²) in [7, 11) is 3.39. The van der Waals surface area contributed by atoms with Crippen LogP contribution in [0.25, 0.3) is 0 Å². The van der Waals surface area contributed by atoms with Gasteiger partial charge >= 0.3 is 0 Å². The summed E-state index contributed by atoms with van der Waals surface area (Å²) in [5.74, 6) is 1.000. The molecular formula is C12H20BrN3O4. The molecule has 0 amide bonds. The molecule has 0 radical (unpaired) electrons. The average molecular weight is 350 g/mol. The molecule has 1 aromatic rings. The minimum atomic E-state index is 0.414. The molecule has 0 aliphatic rings. The normalized spacial score (nSPS) is 10.6. The highest BCUT2D eigenvalue weighted by Gasteiger charge is 2.05. The lowest BCUT2D eigenvalue weighted by Crippen LogP contribution is -2.13. The molecule has 0 unspecified atom stereocenters. The lowest BCUT2D eigenvalue weighted by Gasteiger charge is -2.09. The summed E-state index contributed by atoms with van der Waals surface area (Å²) in [4.78, 5) is 8.22. The maximum absolute atomic E-state index is 5.50. The Labute approximate surface area is 127 Å². The third kappa shape index (κ3) is 6.99. The number of methoxy groups -OCH3 is 1. The van der Waals surface area contributed by atoms with Crippen molar-refractivity contribution < 1.29 is 18.9 Å². The van der Waals surface area contributed by atoms with E-state index in [-0.39, 0.29) is 0 Å². The lowest BCUT2D eigenvalue weighted by molar-refractivity contribution is 0.0176. The number of nitrogens with one attached hydrogen (secondary N) is 1. The zero-order chi connectivity index (χ0) is 14.6. The van der Waals surface area contributed by atoms with Crippen LogP contribution in [0, 0.1) is 0 Å². The Bertz CT molecular complexity index is 382. The van der Waals surface area contributed by atoms with E-state index in [2.05, 4.69) is 31.2 Å². The van der Waals surface area contributed by atoms with Crippen LogP contribution in [0.5, 0.6) is 5.88 Å². The fraction of sp³-hybridized carbons (Fsp3) is 0.667. The van der Waals surface area contributed by atoms with Crippen molar-refractivity contribution in [3.63, 3.8) is 0 Å². The van der Waals surface area contributed by atoms with Gasteiger partial charge in [0.1, 0.15) is 6.61 Å². The zero-order valence-corrected chi connectivity index (χ0v) is 13.3. The van der Waals surface area contributed by atoms with Crippen LogP contribution in [0.2, 0.25) is 0 Å². The first kappa shape index (κ1) is 17.1. The molecule has 0 aromatic carbocycles. The minimum absolute atomic E-state index is 0.414. The number of anilines is 1. The predicted octanol–water partition coefficient (Wildman–Crippen LogP) is 1.34. The molecule has 0 aliphatic carbocycles. The van der Waals surface area contributed by atoms with E-state index >= 15 is 0 Å². The van der Waals surface area contributed by atoms with Crippen molar-refractivity contribution in [2.24, 2.45) is 0 Å². The van der Waals surface area contributed by atoms with Crippen LogP contribution in [-0.4, -0.2) is 63.8 Å². The maximum Gasteiger partial charge on any atom is 0.232 e. The molecule has 114 valence electrons. The molecule has 0 atom stereocenters. The molecule has 8 heteroatoms. The Morgan fingerprint density at radius 3 is 2.40 bits per heavy atom. The van der Waals surface area contributed by atoms with Crippen LogP contribution in [0.4, 0.5) is 5.95 Å². The third-order valence-electron chi connectivity index (χ3n) is 2.21. The Balaban J connectivity index is 2.09. The molecule has 0 fully saturated rings. The summed E-state index contributed by atoms with van der Waals surface area (Å²) in [6.45, 7) is 3.13. The van der Waals surface area contributed by atoms with Gasteiger partial charge in [0.15, 0.2) is 0 Å². The zero-order valence-electron chi connectivity index (χ0n) is 11.7. The molecular weight excluding hydrogens is 330 g/mol. The van der Waals surface area contributed by atoms with Gasteiger partial charge in [0.05, 0.1) is 43.7 Å². The van der Waals surface area contributed by atoms with Crippen LogP contribution in [0.15, 0.2) is 10.7 Å². The molecule has 1 aromatic heterocycles. The van der Waals surface area contributed by atoms with Crippen molar-refractivity contribution in [2.45, 2.75) is 0 Å². The van der Waals surface area contributed by atoms with Gasteiger partial charge in [-0.3, -0.25) is 0 Å². The van der Waals surface area contributed by atoms with E-state index in [0.717, 1.165) is 0 Å². The van der Waals surface area contributed by atoms with Crippen LogP contribution in [-0.2, 0) is 14.2 Å². The summed E-state index contributed by atoms with van der Waals surface area (Å²) < 4.78 is 21.7. The van der Waals surface area contributed by atoms with E-state index < -0.39 is 0 Å². The second kappa shape index (κ2) is 10.8. The highest BCUT2D eigenvalue weighted by atomic mass is 79.9. The monoisotopic (exact) mass is 349 g/mol. The van der Waals surface area contributed by atoms with Crippen molar-refractivity contribution in [1.29, 1.82) is 0 Å². The van der Waals surface area contributed by atoms with Crippen LogP contribution >= 0.6 is 15.9 Å². The first-order chi connectivity index (χ1) is 9.77.